The molecule has 0 saturated carbocycles. The van der Waals surface area contributed by atoms with Crippen LogP contribution in [0.5, 0.6) is 0 Å². The van der Waals surface area contributed by atoms with Crippen LogP contribution in [0.25, 0.3) is 11.3 Å². The fourth-order valence-corrected chi connectivity index (χ4v) is 2.27. The molecule has 0 saturated heterocycles. The first-order valence-corrected chi connectivity index (χ1v) is 7.63. The van der Waals surface area contributed by atoms with Gasteiger partial charge in [-0.1, -0.05) is 0 Å². The molecule has 0 radical (unpaired) electrons. The van der Waals surface area contributed by atoms with Crippen LogP contribution in [0, 0.1) is 0 Å². The molecule has 3 N–H and O–H groups in total. The van der Waals surface area contributed by atoms with E-state index in [-0.39, 0.29) is 0 Å². The van der Waals surface area contributed by atoms with Gasteiger partial charge in [-0.3, -0.25) is 5.10 Å². The van der Waals surface area contributed by atoms with Gasteiger partial charge in [-0.25, -0.2) is 4.98 Å². The number of nitrogens with zero attached hydrogens (tertiary/aromatic N) is 4. The number of aromatic nitrogens is 3. The Hall–Kier alpha value is -1.92. The van der Waals surface area contributed by atoms with E-state index in [0.29, 0.717) is 12.6 Å². The van der Waals surface area contributed by atoms with Crippen molar-refractivity contribution in [3.63, 3.8) is 0 Å². The lowest BCUT2D eigenvalue weighted by Gasteiger charge is -2.22. The average Bonchev–Trinajstić information content (AvgIpc) is 2.94. The second-order valence-corrected chi connectivity index (χ2v) is 5.90. The monoisotopic (exact) mass is 302 g/mol. The van der Waals surface area contributed by atoms with Gasteiger partial charge < -0.3 is 15.5 Å². The molecule has 2 aromatic rings. The van der Waals surface area contributed by atoms with Gasteiger partial charge in [-0.2, -0.15) is 5.10 Å². The molecule has 0 spiro atoms. The molecule has 120 valence electrons. The number of nitrogens with one attached hydrogen (secondary N) is 1. The zero-order valence-electron chi connectivity index (χ0n) is 13.9. The van der Waals surface area contributed by atoms with Gasteiger partial charge in [0.1, 0.15) is 5.82 Å². The van der Waals surface area contributed by atoms with Gasteiger partial charge in [0.25, 0.3) is 0 Å². The fraction of sp³-hybridized carbons (Fsp3) is 0.500. The molecule has 22 heavy (non-hydrogen) atoms. The first kappa shape index (κ1) is 16.5. The highest BCUT2D eigenvalue weighted by Gasteiger charge is 2.12. The Morgan fingerprint density at radius 2 is 2.05 bits per heavy atom. The lowest BCUT2D eigenvalue weighted by molar-refractivity contribution is 0.337. The van der Waals surface area contributed by atoms with Gasteiger partial charge in [0.05, 0.1) is 5.69 Å². The number of hydrogen-bond acceptors (Lipinski definition) is 5. The molecule has 2 heterocycles. The Labute approximate surface area is 132 Å². The lowest BCUT2D eigenvalue weighted by Crippen LogP contribution is -2.26. The van der Waals surface area contributed by atoms with Crippen molar-refractivity contribution in [3.05, 3.63) is 30.1 Å². The maximum absolute atomic E-state index is 5.60. The Bertz CT molecular complexity index is 575. The summed E-state index contributed by atoms with van der Waals surface area (Å²) in [6.07, 6.45) is 3.83. The summed E-state index contributed by atoms with van der Waals surface area (Å²) in [5.41, 5.74) is 8.73. The highest BCUT2D eigenvalue weighted by molar-refractivity contribution is 5.63. The van der Waals surface area contributed by atoms with E-state index in [2.05, 4.69) is 59.0 Å². The van der Waals surface area contributed by atoms with Crippen molar-refractivity contribution in [1.29, 1.82) is 0 Å². The van der Waals surface area contributed by atoms with E-state index >= 15 is 0 Å². The zero-order chi connectivity index (χ0) is 16.1. The highest BCUT2D eigenvalue weighted by atomic mass is 15.2. The van der Waals surface area contributed by atoms with E-state index in [1.807, 2.05) is 18.5 Å². The van der Waals surface area contributed by atoms with Crippen LogP contribution in [0.3, 0.4) is 0 Å². The topological polar surface area (TPSA) is 74.1 Å². The number of rotatable bonds is 7. The molecule has 0 atom stereocenters. The summed E-state index contributed by atoms with van der Waals surface area (Å²) in [7, 11) is 4.11. The van der Waals surface area contributed by atoms with Crippen LogP contribution in [-0.2, 0) is 6.54 Å². The maximum Gasteiger partial charge on any atom is 0.128 e. The van der Waals surface area contributed by atoms with E-state index in [4.69, 9.17) is 5.73 Å². The summed E-state index contributed by atoms with van der Waals surface area (Å²) in [6.45, 7) is 6.63. The predicted molar refractivity (Wildman–Crippen MR) is 90.7 cm³/mol. The summed E-state index contributed by atoms with van der Waals surface area (Å²) in [5.74, 6) is 0.969. The molecular formula is C16H26N6. The second-order valence-electron chi connectivity index (χ2n) is 5.90. The molecule has 0 amide bonds. The molecule has 6 nitrogen and oxygen atoms in total. The van der Waals surface area contributed by atoms with Crippen LogP contribution in [0.2, 0.25) is 0 Å². The number of H-pyrrole nitrogens is 1. The van der Waals surface area contributed by atoms with Crippen LogP contribution in [0.1, 0.15) is 19.4 Å². The van der Waals surface area contributed by atoms with Gasteiger partial charge in [0.2, 0.25) is 0 Å². The molecule has 0 aromatic carbocycles. The summed E-state index contributed by atoms with van der Waals surface area (Å²) in [4.78, 5) is 8.88. The van der Waals surface area contributed by atoms with Crippen LogP contribution in [-0.4, -0.2) is 53.3 Å². The van der Waals surface area contributed by atoms with Crippen molar-refractivity contribution in [2.75, 3.05) is 32.1 Å². The molecule has 0 aliphatic carbocycles. The van der Waals surface area contributed by atoms with Gasteiger partial charge in [-0.05, 0) is 33.0 Å². The van der Waals surface area contributed by atoms with Crippen LogP contribution < -0.4 is 10.6 Å². The summed E-state index contributed by atoms with van der Waals surface area (Å²) in [5, 5.41) is 7.33. The standard InChI is InChI=1S/C16H26N6/c1-12(2)22(4)15-6-5-13(9-18-15)16-14(10-19-20-16)11-21(3)8-7-17/h5-6,9-10,12H,7-8,11,17H2,1-4H3,(H,19,20). The first-order chi connectivity index (χ1) is 10.5. The largest absolute Gasteiger partial charge is 0.357 e. The number of anilines is 1. The molecule has 6 heteroatoms. The molecule has 0 fully saturated rings. The molecule has 0 bridgehead atoms. The van der Waals surface area contributed by atoms with Crippen molar-refractivity contribution < 1.29 is 0 Å². The average molecular weight is 302 g/mol. The minimum Gasteiger partial charge on any atom is -0.357 e. The smallest absolute Gasteiger partial charge is 0.128 e. The van der Waals surface area contributed by atoms with Crippen LogP contribution in [0.4, 0.5) is 5.82 Å². The molecule has 0 unspecified atom stereocenters. The summed E-state index contributed by atoms with van der Waals surface area (Å²) in [6, 6.07) is 4.53. The molecule has 0 aliphatic heterocycles. The Kier molecular flexibility index (Phi) is 5.51. The van der Waals surface area contributed by atoms with E-state index in [1.165, 1.54) is 0 Å². The quantitative estimate of drug-likeness (QED) is 0.814. The zero-order valence-corrected chi connectivity index (χ0v) is 13.9. The lowest BCUT2D eigenvalue weighted by atomic mass is 10.1. The number of pyridine rings is 1. The highest BCUT2D eigenvalue weighted by Crippen LogP contribution is 2.23. The SMILES string of the molecule is CC(C)N(C)c1ccc(-c2n[nH]cc2CN(C)CCN)cn1. The minimum atomic E-state index is 0.421. The maximum atomic E-state index is 5.60. The van der Waals surface area contributed by atoms with Crippen molar-refractivity contribution in [2.45, 2.75) is 26.4 Å². The van der Waals surface area contributed by atoms with Crippen LogP contribution in [0.15, 0.2) is 24.5 Å². The van der Waals surface area contributed by atoms with E-state index in [1.54, 1.807) is 0 Å². The third kappa shape index (κ3) is 3.84. The number of likely N-dealkylation sites (N-methyl/N-ethyl adjacent to an activating group) is 1. The number of aromatic amines is 1. The van der Waals surface area contributed by atoms with Gasteiger partial charge in [0.15, 0.2) is 0 Å². The van der Waals surface area contributed by atoms with Gasteiger partial charge >= 0.3 is 0 Å². The van der Waals surface area contributed by atoms with Crippen molar-refractivity contribution in [1.82, 2.24) is 20.1 Å². The normalized spacial score (nSPS) is 11.4. The predicted octanol–water partition coefficient (Wildman–Crippen LogP) is 1.71. The third-order valence-corrected chi connectivity index (χ3v) is 3.83. The molecule has 2 rings (SSSR count). The van der Waals surface area contributed by atoms with Crippen LogP contribution >= 0.6 is 0 Å². The molecule has 2 aromatic heterocycles. The van der Waals surface area contributed by atoms with Gasteiger partial charge in [-0.15, -0.1) is 0 Å². The van der Waals surface area contributed by atoms with Crippen molar-refractivity contribution >= 4 is 5.82 Å². The van der Waals surface area contributed by atoms with Crippen molar-refractivity contribution in [2.24, 2.45) is 5.73 Å². The van der Waals surface area contributed by atoms with E-state index in [9.17, 15) is 0 Å². The number of nitrogens with two attached hydrogens (primary N) is 1. The Morgan fingerprint density at radius 3 is 2.64 bits per heavy atom. The van der Waals surface area contributed by atoms with Gasteiger partial charge in [0, 0.05) is 56.2 Å². The fourth-order valence-electron chi connectivity index (χ4n) is 2.27. The first-order valence-electron chi connectivity index (χ1n) is 7.63. The van der Waals surface area contributed by atoms with E-state index < -0.39 is 0 Å². The summed E-state index contributed by atoms with van der Waals surface area (Å²) >= 11 is 0. The second kappa shape index (κ2) is 7.38. The third-order valence-electron chi connectivity index (χ3n) is 3.83. The minimum absolute atomic E-state index is 0.421. The molecular weight excluding hydrogens is 276 g/mol. The Balaban J connectivity index is 2.17. The summed E-state index contributed by atoms with van der Waals surface area (Å²) < 4.78 is 0. The van der Waals surface area contributed by atoms with Crippen molar-refractivity contribution in [3.8, 4) is 11.3 Å². The Morgan fingerprint density at radius 1 is 1.27 bits per heavy atom. The number of hydrogen-bond donors (Lipinski definition) is 2. The van der Waals surface area contributed by atoms with E-state index in [0.717, 1.165) is 35.7 Å². The molecule has 0 aliphatic rings.